The highest BCUT2D eigenvalue weighted by Crippen LogP contribution is 2.16. The average molecular weight is 274 g/mol. The van der Waals surface area contributed by atoms with Crippen molar-refractivity contribution >= 4 is 29.1 Å². The molecule has 0 saturated heterocycles. The van der Waals surface area contributed by atoms with Crippen LogP contribution in [0.1, 0.15) is 25.8 Å². The topological polar surface area (TPSA) is 29.1 Å². The van der Waals surface area contributed by atoms with E-state index in [2.05, 4.69) is 5.32 Å². The fraction of sp³-hybridized carbons (Fsp3) is 0.462. The van der Waals surface area contributed by atoms with E-state index in [4.69, 9.17) is 23.2 Å². The zero-order chi connectivity index (χ0) is 12.9. The second kappa shape index (κ2) is 6.27. The molecular weight excluding hydrogens is 257 g/mol. The Morgan fingerprint density at radius 1 is 1.35 bits per heavy atom. The van der Waals surface area contributed by atoms with Crippen molar-refractivity contribution in [3.63, 3.8) is 0 Å². The maximum absolute atomic E-state index is 11.8. The Balaban J connectivity index is 2.59. The molecule has 0 radical (unpaired) electrons. The lowest BCUT2D eigenvalue weighted by Gasteiger charge is -2.25. The summed E-state index contributed by atoms with van der Waals surface area (Å²) in [5.41, 5.74) is 0.563. The van der Waals surface area contributed by atoms with E-state index < -0.39 is 0 Å². The van der Waals surface area contributed by atoms with Gasteiger partial charge in [0, 0.05) is 16.4 Å². The van der Waals surface area contributed by atoms with Crippen LogP contribution < -0.4 is 5.32 Å². The average Bonchev–Trinajstić information content (AvgIpc) is 2.20. The summed E-state index contributed by atoms with van der Waals surface area (Å²) in [5, 5.41) is 3.57. The molecule has 0 spiro atoms. The van der Waals surface area contributed by atoms with Crippen LogP contribution in [0.15, 0.2) is 24.3 Å². The third-order valence-corrected chi connectivity index (χ3v) is 3.06. The van der Waals surface area contributed by atoms with Crippen molar-refractivity contribution in [2.75, 3.05) is 5.88 Å². The Labute approximate surface area is 112 Å². The van der Waals surface area contributed by atoms with Gasteiger partial charge in [0.05, 0.1) is 6.42 Å². The highest BCUT2D eigenvalue weighted by molar-refractivity contribution is 6.31. The third-order valence-electron chi connectivity index (χ3n) is 2.51. The van der Waals surface area contributed by atoms with E-state index in [-0.39, 0.29) is 11.4 Å². The molecule has 17 heavy (non-hydrogen) atoms. The fourth-order valence-electron chi connectivity index (χ4n) is 1.54. The Morgan fingerprint density at radius 3 is 2.59 bits per heavy atom. The van der Waals surface area contributed by atoms with Gasteiger partial charge in [0.15, 0.2) is 0 Å². The number of alkyl halides is 1. The zero-order valence-electron chi connectivity index (χ0n) is 10.1. The Bertz CT molecular complexity index is 391. The number of carbonyl (C=O) groups excluding carboxylic acids is 1. The minimum Gasteiger partial charge on any atom is -0.351 e. The van der Waals surface area contributed by atoms with E-state index in [1.54, 1.807) is 6.07 Å². The van der Waals surface area contributed by atoms with Gasteiger partial charge in [0.2, 0.25) is 5.91 Å². The zero-order valence-corrected chi connectivity index (χ0v) is 11.6. The molecule has 0 saturated carbocycles. The van der Waals surface area contributed by atoms with Gasteiger partial charge in [-0.25, -0.2) is 0 Å². The lowest BCUT2D eigenvalue weighted by Crippen LogP contribution is -2.44. The van der Waals surface area contributed by atoms with Crippen LogP contribution in [-0.4, -0.2) is 17.3 Å². The molecule has 2 nitrogen and oxygen atoms in total. The molecule has 0 aliphatic heterocycles. The van der Waals surface area contributed by atoms with Crippen molar-refractivity contribution in [2.45, 2.75) is 32.2 Å². The molecule has 0 fully saturated rings. The van der Waals surface area contributed by atoms with Gasteiger partial charge >= 0.3 is 0 Å². The maximum atomic E-state index is 11.8. The van der Waals surface area contributed by atoms with Crippen LogP contribution >= 0.6 is 23.2 Å². The van der Waals surface area contributed by atoms with Crippen molar-refractivity contribution in [1.82, 2.24) is 5.32 Å². The van der Waals surface area contributed by atoms with E-state index in [9.17, 15) is 4.79 Å². The van der Waals surface area contributed by atoms with Crippen LogP contribution in [-0.2, 0) is 11.2 Å². The number of amides is 1. The smallest absolute Gasteiger partial charge is 0.224 e. The molecule has 1 aromatic rings. The van der Waals surface area contributed by atoms with Crippen LogP contribution in [0.4, 0.5) is 0 Å². The molecule has 1 rings (SSSR count). The number of halogens is 2. The maximum Gasteiger partial charge on any atom is 0.224 e. The number of carbonyl (C=O) groups is 1. The number of nitrogens with one attached hydrogen (secondary N) is 1. The van der Waals surface area contributed by atoms with E-state index in [1.165, 1.54) is 0 Å². The summed E-state index contributed by atoms with van der Waals surface area (Å²) in [7, 11) is 0. The van der Waals surface area contributed by atoms with Crippen LogP contribution in [0.3, 0.4) is 0 Å². The van der Waals surface area contributed by atoms with Crippen LogP contribution in [0.25, 0.3) is 0 Å². The molecule has 94 valence electrons. The monoisotopic (exact) mass is 273 g/mol. The van der Waals surface area contributed by atoms with Gasteiger partial charge in [-0.1, -0.05) is 29.8 Å². The van der Waals surface area contributed by atoms with Crippen LogP contribution in [0, 0.1) is 0 Å². The number of hydrogen-bond donors (Lipinski definition) is 1. The van der Waals surface area contributed by atoms with Crippen molar-refractivity contribution in [3.05, 3.63) is 34.9 Å². The summed E-state index contributed by atoms with van der Waals surface area (Å²) < 4.78 is 0. The van der Waals surface area contributed by atoms with Crippen molar-refractivity contribution in [1.29, 1.82) is 0 Å². The van der Waals surface area contributed by atoms with Gasteiger partial charge in [0.25, 0.3) is 0 Å². The predicted molar refractivity (Wildman–Crippen MR) is 72.7 cm³/mol. The van der Waals surface area contributed by atoms with Crippen molar-refractivity contribution in [3.8, 4) is 0 Å². The summed E-state index contributed by atoms with van der Waals surface area (Å²) in [6.07, 6.45) is 1.04. The summed E-state index contributed by atoms with van der Waals surface area (Å²) >= 11 is 11.7. The number of rotatable bonds is 5. The van der Waals surface area contributed by atoms with Crippen molar-refractivity contribution < 1.29 is 4.79 Å². The van der Waals surface area contributed by atoms with E-state index >= 15 is 0 Å². The Kier molecular flexibility index (Phi) is 5.29. The molecule has 1 aromatic carbocycles. The van der Waals surface area contributed by atoms with Gasteiger partial charge in [-0.15, -0.1) is 11.6 Å². The summed E-state index contributed by atoms with van der Waals surface area (Å²) in [6, 6.07) is 7.37. The van der Waals surface area contributed by atoms with Gasteiger partial charge in [0.1, 0.15) is 0 Å². The molecule has 0 aliphatic carbocycles. The molecule has 1 N–H and O–H groups in total. The van der Waals surface area contributed by atoms with Gasteiger partial charge in [-0.05, 0) is 31.9 Å². The first-order chi connectivity index (χ1) is 7.94. The molecule has 0 heterocycles. The Morgan fingerprint density at radius 2 is 2.00 bits per heavy atom. The molecule has 0 atom stereocenters. The lowest BCUT2D eigenvalue weighted by molar-refractivity contribution is -0.122. The van der Waals surface area contributed by atoms with Crippen molar-refractivity contribution in [2.24, 2.45) is 0 Å². The molecule has 4 heteroatoms. The molecule has 0 unspecified atom stereocenters. The first-order valence-corrected chi connectivity index (χ1v) is 6.46. The minimum atomic E-state index is -0.278. The normalized spacial score (nSPS) is 11.3. The lowest BCUT2D eigenvalue weighted by atomic mass is 10.0. The molecule has 0 bridgehead atoms. The molecule has 0 aromatic heterocycles. The van der Waals surface area contributed by atoms with Crippen LogP contribution in [0.2, 0.25) is 5.02 Å². The highest BCUT2D eigenvalue weighted by atomic mass is 35.5. The van der Waals surface area contributed by atoms with Crippen LogP contribution in [0.5, 0.6) is 0 Å². The molecular formula is C13H17Cl2NO. The molecule has 1 amide bonds. The third kappa shape index (κ3) is 4.97. The second-order valence-corrected chi connectivity index (χ2v) is 5.42. The minimum absolute atomic E-state index is 0.0341. The van der Waals surface area contributed by atoms with E-state index in [0.717, 1.165) is 12.0 Å². The van der Waals surface area contributed by atoms with E-state index in [1.807, 2.05) is 32.0 Å². The number of hydrogen-bond acceptors (Lipinski definition) is 1. The summed E-state index contributed by atoms with van der Waals surface area (Å²) in [4.78, 5) is 11.8. The Hall–Kier alpha value is -0.730. The fourth-order valence-corrected chi connectivity index (χ4v) is 2.21. The van der Waals surface area contributed by atoms with Gasteiger partial charge in [-0.2, -0.15) is 0 Å². The predicted octanol–water partition coefficient (Wildman–Crippen LogP) is 3.41. The highest BCUT2D eigenvalue weighted by Gasteiger charge is 2.19. The van der Waals surface area contributed by atoms with Gasteiger partial charge < -0.3 is 5.32 Å². The second-order valence-electron chi connectivity index (χ2n) is 4.64. The number of benzene rings is 1. The van der Waals surface area contributed by atoms with Gasteiger partial charge in [-0.3, -0.25) is 4.79 Å². The summed E-state index contributed by atoms with van der Waals surface area (Å²) in [5.74, 6) is 0.493. The molecule has 0 aliphatic rings. The standard InChI is InChI=1S/C13H17Cl2NO/c1-13(2,7-8-14)16-12(17)9-10-5-3-4-6-11(10)15/h3-6H,7-9H2,1-2H3,(H,16,17). The first kappa shape index (κ1) is 14.3. The first-order valence-electron chi connectivity index (χ1n) is 5.55. The summed E-state index contributed by atoms with van der Waals surface area (Å²) in [6.45, 7) is 3.92. The SMILES string of the molecule is CC(C)(CCCl)NC(=O)Cc1ccccc1Cl. The largest absolute Gasteiger partial charge is 0.351 e. The van der Waals surface area contributed by atoms with E-state index in [0.29, 0.717) is 17.3 Å². The quantitative estimate of drug-likeness (QED) is 0.819.